The highest BCUT2D eigenvalue weighted by Crippen LogP contribution is 2.36. The van der Waals surface area contributed by atoms with Crippen LogP contribution in [-0.4, -0.2) is 38.0 Å². The molecule has 2 rings (SSSR count). The molecule has 5 heteroatoms. The number of unbranched alkanes of at least 4 members (excludes halogenated alkanes) is 1. The molecule has 0 aliphatic rings. The van der Waals surface area contributed by atoms with Crippen molar-refractivity contribution in [2.75, 3.05) is 32.1 Å². The average Bonchev–Trinajstić information content (AvgIpc) is 2.64. The summed E-state index contributed by atoms with van der Waals surface area (Å²) in [5.41, 5.74) is 0.919. The molecule has 1 amide bonds. The normalized spacial score (nSPS) is 10.8. The Morgan fingerprint density at radius 3 is 2.38 bits per heavy atom. The van der Waals surface area contributed by atoms with Gasteiger partial charge in [-0.05, 0) is 76.0 Å². The molecule has 0 N–H and O–H groups in total. The Morgan fingerprint density at radius 2 is 1.73 bits per heavy atom. The van der Waals surface area contributed by atoms with Crippen LogP contribution in [0.15, 0.2) is 71.0 Å². The van der Waals surface area contributed by atoms with Crippen LogP contribution in [0.4, 0.5) is 5.69 Å². The number of hydrogen-bond acceptors (Lipinski definition) is 3. The SMILES string of the molecule is C=CC(=O)N(CCCCN(C)C)c1ccccc1Sc1ccc(Cl)cc1. The van der Waals surface area contributed by atoms with E-state index in [4.69, 9.17) is 11.6 Å². The third kappa shape index (κ3) is 6.20. The van der Waals surface area contributed by atoms with E-state index in [1.807, 2.05) is 53.4 Å². The highest BCUT2D eigenvalue weighted by Gasteiger charge is 2.16. The van der Waals surface area contributed by atoms with Crippen molar-refractivity contribution in [1.29, 1.82) is 0 Å². The molecule has 0 bridgehead atoms. The lowest BCUT2D eigenvalue weighted by atomic mass is 10.2. The van der Waals surface area contributed by atoms with Gasteiger partial charge < -0.3 is 9.80 Å². The van der Waals surface area contributed by atoms with Crippen LogP contribution in [-0.2, 0) is 4.79 Å². The standard InChI is InChI=1S/C21H25ClN2OS/c1-4-21(25)24(16-8-7-15-23(2)3)19-9-5-6-10-20(19)26-18-13-11-17(22)12-14-18/h4-6,9-14H,1,7-8,15-16H2,2-3H3. The van der Waals surface area contributed by atoms with Crippen LogP contribution in [0.25, 0.3) is 0 Å². The van der Waals surface area contributed by atoms with E-state index < -0.39 is 0 Å². The molecule has 0 saturated carbocycles. The summed E-state index contributed by atoms with van der Waals surface area (Å²) in [4.78, 5) is 18.6. The van der Waals surface area contributed by atoms with Crippen molar-refractivity contribution in [2.45, 2.75) is 22.6 Å². The first kappa shape index (κ1) is 20.6. The lowest BCUT2D eigenvalue weighted by molar-refractivity contribution is -0.114. The number of para-hydroxylation sites is 1. The highest BCUT2D eigenvalue weighted by atomic mass is 35.5. The molecule has 0 aliphatic heterocycles. The zero-order valence-electron chi connectivity index (χ0n) is 15.3. The van der Waals surface area contributed by atoms with Crippen LogP contribution in [0.3, 0.4) is 0 Å². The lowest BCUT2D eigenvalue weighted by Gasteiger charge is -2.24. The van der Waals surface area contributed by atoms with Crippen LogP contribution in [0.1, 0.15) is 12.8 Å². The Kier molecular flexibility index (Phi) is 8.23. The predicted octanol–water partition coefficient (Wildman–Crippen LogP) is 5.35. The maximum atomic E-state index is 12.5. The van der Waals surface area contributed by atoms with Gasteiger partial charge >= 0.3 is 0 Å². The number of nitrogens with zero attached hydrogens (tertiary/aromatic N) is 2. The number of amides is 1. The maximum absolute atomic E-state index is 12.5. The van der Waals surface area contributed by atoms with Crippen molar-refractivity contribution >= 4 is 35.0 Å². The molecule has 0 aliphatic carbocycles. The molecule has 0 aromatic heterocycles. The molecule has 0 saturated heterocycles. The van der Waals surface area contributed by atoms with Crippen LogP contribution >= 0.6 is 23.4 Å². The summed E-state index contributed by atoms with van der Waals surface area (Å²) < 4.78 is 0. The van der Waals surface area contributed by atoms with Gasteiger partial charge in [-0.25, -0.2) is 0 Å². The summed E-state index contributed by atoms with van der Waals surface area (Å²) in [6, 6.07) is 15.7. The van der Waals surface area contributed by atoms with E-state index in [0.29, 0.717) is 11.6 Å². The molecule has 26 heavy (non-hydrogen) atoms. The first-order valence-electron chi connectivity index (χ1n) is 8.62. The molecule has 0 atom stereocenters. The minimum absolute atomic E-state index is 0.0704. The minimum atomic E-state index is -0.0704. The van der Waals surface area contributed by atoms with Gasteiger partial charge in [-0.1, -0.05) is 42.1 Å². The van der Waals surface area contributed by atoms with E-state index in [-0.39, 0.29) is 5.91 Å². The quantitative estimate of drug-likeness (QED) is 0.427. The highest BCUT2D eigenvalue weighted by molar-refractivity contribution is 7.99. The lowest BCUT2D eigenvalue weighted by Crippen LogP contribution is -2.31. The monoisotopic (exact) mass is 388 g/mol. The van der Waals surface area contributed by atoms with E-state index >= 15 is 0 Å². The number of carbonyl (C=O) groups excluding carboxylic acids is 1. The van der Waals surface area contributed by atoms with Crippen molar-refractivity contribution < 1.29 is 4.79 Å². The first-order valence-corrected chi connectivity index (χ1v) is 9.82. The van der Waals surface area contributed by atoms with E-state index in [1.165, 1.54) is 6.08 Å². The summed E-state index contributed by atoms with van der Waals surface area (Å²) in [5, 5.41) is 0.715. The van der Waals surface area contributed by atoms with Crippen molar-refractivity contribution in [3.63, 3.8) is 0 Å². The van der Waals surface area contributed by atoms with Crippen LogP contribution < -0.4 is 4.90 Å². The summed E-state index contributed by atoms with van der Waals surface area (Å²) in [6.07, 6.45) is 3.37. The Hall–Kier alpha value is -1.75. The van der Waals surface area contributed by atoms with Gasteiger partial charge in [-0.15, -0.1) is 0 Å². The van der Waals surface area contributed by atoms with Crippen molar-refractivity contribution in [3.05, 3.63) is 66.2 Å². The Morgan fingerprint density at radius 1 is 1.08 bits per heavy atom. The maximum Gasteiger partial charge on any atom is 0.250 e. The van der Waals surface area contributed by atoms with Gasteiger partial charge in [0.05, 0.1) is 5.69 Å². The summed E-state index contributed by atoms with van der Waals surface area (Å²) in [7, 11) is 4.12. The van der Waals surface area contributed by atoms with Gasteiger partial charge in [0.15, 0.2) is 0 Å². The van der Waals surface area contributed by atoms with Gasteiger partial charge in [0.1, 0.15) is 0 Å². The molecule has 0 spiro atoms. The van der Waals surface area contributed by atoms with Gasteiger partial charge in [0.25, 0.3) is 0 Å². The number of benzene rings is 2. The fourth-order valence-electron chi connectivity index (χ4n) is 2.55. The van der Waals surface area contributed by atoms with Crippen molar-refractivity contribution in [1.82, 2.24) is 4.90 Å². The number of anilines is 1. The second-order valence-corrected chi connectivity index (χ2v) is 7.78. The van der Waals surface area contributed by atoms with Crippen molar-refractivity contribution in [3.8, 4) is 0 Å². The number of halogens is 1. The molecule has 0 radical (unpaired) electrons. The molecular weight excluding hydrogens is 364 g/mol. The summed E-state index contributed by atoms with van der Waals surface area (Å²) in [6.45, 7) is 5.35. The Balaban J connectivity index is 2.19. The molecule has 2 aromatic rings. The number of carbonyl (C=O) groups is 1. The predicted molar refractivity (Wildman–Crippen MR) is 112 cm³/mol. The molecule has 3 nitrogen and oxygen atoms in total. The Bertz CT molecular complexity index is 731. The van der Waals surface area contributed by atoms with Crippen LogP contribution in [0.2, 0.25) is 5.02 Å². The fraction of sp³-hybridized carbons (Fsp3) is 0.286. The molecule has 138 valence electrons. The van der Waals surface area contributed by atoms with Crippen LogP contribution in [0.5, 0.6) is 0 Å². The van der Waals surface area contributed by atoms with Crippen LogP contribution in [0, 0.1) is 0 Å². The smallest absolute Gasteiger partial charge is 0.250 e. The van der Waals surface area contributed by atoms with Gasteiger partial charge in [-0.2, -0.15) is 0 Å². The average molecular weight is 389 g/mol. The molecular formula is C21H25ClN2OS. The molecule has 0 unspecified atom stereocenters. The number of rotatable bonds is 9. The largest absolute Gasteiger partial charge is 0.309 e. The molecule has 2 aromatic carbocycles. The summed E-state index contributed by atoms with van der Waals surface area (Å²) >= 11 is 7.60. The molecule has 0 heterocycles. The minimum Gasteiger partial charge on any atom is -0.309 e. The number of hydrogen-bond donors (Lipinski definition) is 0. The molecule has 0 fully saturated rings. The van der Waals surface area contributed by atoms with E-state index in [9.17, 15) is 4.79 Å². The second-order valence-electron chi connectivity index (χ2n) is 6.23. The van der Waals surface area contributed by atoms with Gasteiger partial charge in [-0.3, -0.25) is 4.79 Å². The first-order chi connectivity index (χ1) is 12.5. The van der Waals surface area contributed by atoms with E-state index in [0.717, 1.165) is 34.9 Å². The second kappa shape index (κ2) is 10.4. The van der Waals surface area contributed by atoms with E-state index in [1.54, 1.807) is 11.8 Å². The topological polar surface area (TPSA) is 23.6 Å². The van der Waals surface area contributed by atoms with Gasteiger partial charge in [0, 0.05) is 21.4 Å². The van der Waals surface area contributed by atoms with Crippen molar-refractivity contribution in [2.24, 2.45) is 0 Å². The Labute approximate surface area is 165 Å². The third-order valence-electron chi connectivity index (χ3n) is 3.88. The van der Waals surface area contributed by atoms with Gasteiger partial charge in [0.2, 0.25) is 5.91 Å². The fourth-order valence-corrected chi connectivity index (χ4v) is 3.64. The summed E-state index contributed by atoms with van der Waals surface area (Å²) in [5.74, 6) is -0.0704. The third-order valence-corrected chi connectivity index (χ3v) is 5.20. The zero-order chi connectivity index (χ0) is 18.9. The zero-order valence-corrected chi connectivity index (χ0v) is 16.9. The van der Waals surface area contributed by atoms with E-state index in [2.05, 4.69) is 25.6 Å².